The van der Waals surface area contributed by atoms with Gasteiger partial charge in [-0.1, -0.05) is 6.07 Å². The zero-order valence-electron chi connectivity index (χ0n) is 8.72. The Hall–Kier alpha value is -1.39. The number of aliphatic hydroxyl groups excluding tert-OH is 1. The van der Waals surface area contributed by atoms with Crippen molar-refractivity contribution in [2.24, 2.45) is 5.73 Å². The Morgan fingerprint density at radius 1 is 1.53 bits per heavy atom. The number of hydrogen-bond donors (Lipinski definition) is 2. The van der Waals surface area contributed by atoms with Crippen LogP contribution in [0.15, 0.2) is 24.4 Å². The van der Waals surface area contributed by atoms with Gasteiger partial charge in [0.15, 0.2) is 0 Å². The molecule has 4 nitrogen and oxygen atoms in total. The normalized spacial score (nSPS) is 13.3. The third kappa shape index (κ3) is 1.73. The smallest absolute Gasteiger partial charge is 0.137 e. The quantitative estimate of drug-likeness (QED) is 0.786. The summed E-state index contributed by atoms with van der Waals surface area (Å²) in [5, 5.41) is 8.89. The summed E-state index contributed by atoms with van der Waals surface area (Å²) in [6.07, 6.45) is 2.51. The lowest BCUT2D eigenvalue weighted by Gasteiger charge is -2.10. The van der Waals surface area contributed by atoms with Gasteiger partial charge in [0.25, 0.3) is 0 Å². The molecule has 1 unspecified atom stereocenters. The summed E-state index contributed by atoms with van der Waals surface area (Å²) < 4.78 is 1.98. The van der Waals surface area contributed by atoms with Crippen molar-refractivity contribution in [1.29, 1.82) is 0 Å². The van der Waals surface area contributed by atoms with E-state index < -0.39 is 0 Å². The fourth-order valence-corrected chi connectivity index (χ4v) is 1.86. The number of imidazole rings is 1. The molecule has 1 atom stereocenters. The number of nitrogens with two attached hydrogens (primary N) is 1. The van der Waals surface area contributed by atoms with Crippen molar-refractivity contribution in [3.05, 3.63) is 35.8 Å². The zero-order chi connectivity index (χ0) is 10.8. The molecule has 0 aliphatic rings. The summed E-state index contributed by atoms with van der Waals surface area (Å²) in [7, 11) is 0. The van der Waals surface area contributed by atoms with Gasteiger partial charge in [-0.15, -0.1) is 0 Å². The summed E-state index contributed by atoms with van der Waals surface area (Å²) in [5.41, 5.74) is 8.82. The number of hydrogen-bond acceptors (Lipinski definition) is 3. The number of aromatic nitrogens is 2. The topological polar surface area (TPSA) is 63.5 Å². The third-order valence-electron chi connectivity index (χ3n) is 2.54. The first-order valence-electron chi connectivity index (χ1n) is 5.04. The summed E-state index contributed by atoms with van der Waals surface area (Å²) in [6.45, 7) is 2.04. The lowest BCUT2D eigenvalue weighted by atomic mass is 10.1. The molecule has 0 aliphatic carbocycles. The van der Waals surface area contributed by atoms with E-state index in [0.29, 0.717) is 6.42 Å². The predicted octanol–water partition coefficient (Wildman–Crippen LogP) is 1.02. The van der Waals surface area contributed by atoms with E-state index in [0.717, 1.165) is 17.0 Å². The van der Waals surface area contributed by atoms with Crippen LogP contribution in [0, 0.1) is 6.92 Å². The van der Waals surface area contributed by atoms with Crippen LogP contribution in [0.4, 0.5) is 0 Å². The fraction of sp³-hybridized carbons (Fsp3) is 0.364. The average Bonchev–Trinajstić information content (AvgIpc) is 2.54. The number of nitrogens with zero attached hydrogens (tertiary/aromatic N) is 2. The van der Waals surface area contributed by atoms with Gasteiger partial charge in [0.2, 0.25) is 0 Å². The Kier molecular flexibility index (Phi) is 2.70. The summed E-state index contributed by atoms with van der Waals surface area (Å²) in [4.78, 5) is 4.42. The molecule has 2 rings (SSSR count). The van der Waals surface area contributed by atoms with Crippen LogP contribution in [0.5, 0.6) is 0 Å². The van der Waals surface area contributed by atoms with Gasteiger partial charge in [-0.25, -0.2) is 4.98 Å². The predicted molar refractivity (Wildman–Crippen MR) is 58.6 cm³/mol. The molecule has 4 heteroatoms. The highest BCUT2D eigenvalue weighted by Crippen LogP contribution is 2.19. The Morgan fingerprint density at radius 3 is 3.07 bits per heavy atom. The van der Waals surface area contributed by atoms with Crippen LogP contribution in [0.1, 0.15) is 23.9 Å². The number of aliphatic hydroxyl groups is 1. The van der Waals surface area contributed by atoms with Crippen LogP contribution in [-0.4, -0.2) is 21.1 Å². The highest BCUT2D eigenvalue weighted by molar-refractivity contribution is 5.43. The van der Waals surface area contributed by atoms with Crippen LogP contribution in [0.3, 0.4) is 0 Å². The van der Waals surface area contributed by atoms with Crippen molar-refractivity contribution in [1.82, 2.24) is 9.38 Å². The Morgan fingerprint density at radius 2 is 2.33 bits per heavy atom. The highest BCUT2D eigenvalue weighted by atomic mass is 16.3. The summed E-state index contributed by atoms with van der Waals surface area (Å²) in [5.74, 6) is 0. The first kappa shape index (κ1) is 10.1. The van der Waals surface area contributed by atoms with Crippen LogP contribution in [-0.2, 0) is 0 Å². The first-order valence-corrected chi connectivity index (χ1v) is 5.04. The largest absolute Gasteiger partial charge is 0.396 e. The van der Waals surface area contributed by atoms with Gasteiger partial charge in [-0.05, 0) is 25.5 Å². The highest BCUT2D eigenvalue weighted by Gasteiger charge is 2.14. The maximum absolute atomic E-state index is 8.89. The molecule has 80 valence electrons. The Balaban J connectivity index is 2.53. The second kappa shape index (κ2) is 4.00. The number of aryl methyl sites for hydroxylation is 1. The summed E-state index contributed by atoms with van der Waals surface area (Å²) >= 11 is 0. The Labute approximate surface area is 88.4 Å². The standard InChI is InChI=1S/C11H15N3O/c1-8-11(9(12)5-7-15)14-6-3-2-4-10(14)13-8/h2-4,6,9,15H,5,7,12H2,1H3. The van der Waals surface area contributed by atoms with Crippen molar-refractivity contribution >= 4 is 5.65 Å². The van der Waals surface area contributed by atoms with Gasteiger partial charge in [0.05, 0.1) is 11.4 Å². The van der Waals surface area contributed by atoms with Crippen molar-refractivity contribution < 1.29 is 5.11 Å². The average molecular weight is 205 g/mol. The summed E-state index contributed by atoms with van der Waals surface area (Å²) in [6, 6.07) is 5.68. The molecular formula is C11H15N3O. The minimum atomic E-state index is -0.160. The van der Waals surface area contributed by atoms with E-state index in [1.54, 1.807) is 0 Å². The Bertz CT molecular complexity index is 464. The van der Waals surface area contributed by atoms with Gasteiger partial charge < -0.3 is 15.2 Å². The first-order chi connectivity index (χ1) is 7.24. The van der Waals surface area contributed by atoms with E-state index in [2.05, 4.69) is 4.98 Å². The third-order valence-corrected chi connectivity index (χ3v) is 2.54. The molecule has 0 saturated carbocycles. The molecule has 0 aromatic carbocycles. The van der Waals surface area contributed by atoms with Crippen molar-refractivity contribution in [3.8, 4) is 0 Å². The maximum Gasteiger partial charge on any atom is 0.137 e. The van der Waals surface area contributed by atoms with Crippen LogP contribution in [0.2, 0.25) is 0 Å². The van der Waals surface area contributed by atoms with Crippen LogP contribution in [0.25, 0.3) is 5.65 Å². The van der Waals surface area contributed by atoms with Gasteiger partial charge in [0.1, 0.15) is 5.65 Å². The van der Waals surface area contributed by atoms with Crippen LogP contribution >= 0.6 is 0 Å². The minimum absolute atomic E-state index is 0.0979. The lowest BCUT2D eigenvalue weighted by Crippen LogP contribution is -2.15. The molecule has 0 bridgehead atoms. The minimum Gasteiger partial charge on any atom is -0.396 e. The fourth-order valence-electron chi connectivity index (χ4n) is 1.86. The molecule has 15 heavy (non-hydrogen) atoms. The second-order valence-corrected chi connectivity index (χ2v) is 3.63. The van der Waals surface area contributed by atoms with E-state index in [4.69, 9.17) is 10.8 Å². The molecule has 2 aromatic heterocycles. The van der Waals surface area contributed by atoms with E-state index in [1.165, 1.54) is 0 Å². The molecule has 0 spiro atoms. The molecule has 2 heterocycles. The molecule has 0 aliphatic heterocycles. The van der Waals surface area contributed by atoms with E-state index in [9.17, 15) is 0 Å². The van der Waals surface area contributed by atoms with Crippen molar-refractivity contribution in [2.75, 3.05) is 6.61 Å². The number of rotatable bonds is 3. The second-order valence-electron chi connectivity index (χ2n) is 3.63. The van der Waals surface area contributed by atoms with Gasteiger partial charge in [-0.2, -0.15) is 0 Å². The molecule has 0 saturated heterocycles. The van der Waals surface area contributed by atoms with E-state index in [1.807, 2.05) is 35.7 Å². The van der Waals surface area contributed by atoms with Crippen LogP contribution < -0.4 is 5.73 Å². The molecular weight excluding hydrogens is 190 g/mol. The monoisotopic (exact) mass is 205 g/mol. The lowest BCUT2D eigenvalue weighted by molar-refractivity contribution is 0.275. The molecule has 0 amide bonds. The van der Waals surface area contributed by atoms with E-state index in [-0.39, 0.29) is 12.6 Å². The zero-order valence-corrected chi connectivity index (χ0v) is 8.72. The maximum atomic E-state index is 8.89. The number of pyridine rings is 1. The van der Waals surface area contributed by atoms with Crippen molar-refractivity contribution in [2.45, 2.75) is 19.4 Å². The number of fused-ring (bicyclic) bond motifs is 1. The molecule has 3 N–H and O–H groups in total. The van der Waals surface area contributed by atoms with Gasteiger partial charge in [-0.3, -0.25) is 0 Å². The van der Waals surface area contributed by atoms with E-state index >= 15 is 0 Å². The molecule has 0 fully saturated rings. The molecule has 2 aromatic rings. The molecule has 0 radical (unpaired) electrons. The van der Waals surface area contributed by atoms with Gasteiger partial charge >= 0.3 is 0 Å². The SMILES string of the molecule is Cc1nc2ccccn2c1C(N)CCO. The van der Waals surface area contributed by atoms with Gasteiger partial charge in [0, 0.05) is 18.8 Å². The van der Waals surface area contributed by atoms with Crippen molar-refractivity contribution in [3.63, 3.8) is 0 Å².